The second kappa shape index (κ2) is 9.19. The van der Waals surface area contributed by atoms with E-state index in [-0.39, 0.29) is 24.2 Å². The van der Waals surface area contributed by atoms with Crippen LogP contribution in [0.5, 0.6) is 11.5 Å². The van der Waals surface area contributed by atoms with Crippen molar-refractivity contribution in [2.45, 2.75) is 6.10 Å². The van der Waals surface area contributed by atoms with Gasteiger partial charge in [0.2, 0.25) is 0 Å². The van der Waals surface area contributed by atoms with Crippen molar-refractivity contribution in [3.63, 3.8) is 0 Å². The molecule has 0 unspecified atom stereocenters. The second-order valence-corrected chi connectivity index (χ2v) is 9.47. The lowest BCUT2D eigenvalue weighted by molar-refractivity contribution is 0.119. The van der Waals surface area contributed by atoms with Gasteiger partial charge in [-0.25, -0.2) is 0 Å². The van der Waals surface area contributed by atoms with Crippen molar-refractivity contribution in [2.24, 2.45) is 5.92 Å². The fourth-order valence-electron chi connectivity index (χ4n) is 4.08. The number of rotatable bonds is 6. The molecule has 0 bridgehead atoms. The first-order valence-electron chi connectivity index (χ1n) is 10.6. The van der Waals surface area contributed by atoms with Crippen molar-refractivity contribution in [3.05, 3.63) is 76.2 Å². The average Bonchev–Trinajstić information content (AvgIpc) is 3.47. The molecular weight excluding hydrogens is 460 g/mol. The number of methoxy groups -OCH3 is 1. The summed E-state index contributed by atoms with van der Waals surface area (Å²) in [7, 11) is 1.58. The molecule has 0 aliphatic carbocycles. The number of fused-ring (bicyclic) bond motifs is 1. The van der Waals surface area contributed by atoms with Crippen LogP contribution in [0.3, 0.4) is 0 Å². The zero-order valence-electron chi connectivity index (χ0n) is 18.0. The Kier molecular flexibility index (Phi) is 6.12. The van der Waals surface area contributed by atoms with E-state index in [0.717, 1.165) is 22.4 Å². The van der Waals surface area contributed by atoms with E-state index >= 15 is 0 Å². The summed E-state index contributed by atoms with van der Waals surface area (Å²) < 4.78 is 14.0. The highest BCUT2D eigenvalue weighted by Crippen LogP contribution is 2.34. The number of ether oxygens (including phenoxy) is 2. The Morgan fingerprint density at radius 1 is 1.12 bits per heavy atom. The third-order valence-corrected chi connectivity index (χ3v) is 7.36. The molecule has 170 valence electrons. The molecule has 2 atom stereocenters. The summed E-state index contributed by atoms with van der Waals surface area (Å²) in [6.07, 6.45) is 1.65. The monoisotopic (exact) mass is 482 g/mol. The van der Waals surface area contributed by atoms with E-state index in [0.29, 0.717) is 33.5 Å². The molecule has 33 heavy (non-hydrogen) atoms. The van der Waals surface area contributed by atoms with E-state index in [1.165, 1.54) is 11.3 Å². The van der Waals surface area contributed by atoms with Gasteiger partial charge in [-0.3, -0.25) is 9.36 Å². The van der Waals surface area contributed by atoms with E-state index in [1.807, 2.05) is 48.5 Å². The van der Waals surface area contributed by atoms with Gasteiger partial charge in [-0.15, -0.1) is 11.3 Å². The molecule has 6 nitrogen and oxygen atoms in total. The highest BCUT2D eigenvalue weighted by molar-refractivity contribution is 7.22. The highest BCUT2D eigenvalue weighted by atomic mass is 35.5. The summed E-state index contributed by atoms with van der Waals surface area (Å²) in [5, 5.41) is 14.4. The molecular formula is C25H23ClN2O4S. The topological polar surface area (TPSA) is 72.7 Å². The lowest BCUT2D eigenvalue weighted by Gasteiger charge is -2.20. The lowest BCUT2D eigenvalue weighted by Crippen LogP contribution is -2.28. The van der Waals surface area contributed by atoms with Gasteiger partial charge < -0.3 is 19.9 Å². The molecule has 0 saturated carbocycles. The molecule has 0 spiro atoms. The Hall–Kier alpha value is -2.84. The van der Waals surface area contributed by atoms with Gasteiger partial charge in [0.05, 0.1) is 19.4 Å². The van der Waals surface area contributed by atoms with Crippen LogP contribution >= 0.6 is 22.9 Å². The number of nitrogens with one attached hydrogen (secondary N) is 1. The van der Waals surface area contributed by atoms with E-state index in [1.54, 1.807) is 23.9 Å². The number of aliphatic hydroxyl groups excluding tert-OH is 1. The number of nitrogens with zero attached hydrogens (tertiary/aromatic N) is 1. The minimum Gasteiger partial charge on any atom is -0.493 e. The third kappa shape index (κ3) is 4.25. The molecule has 1 aliphatic rings. The first-order chi connectivity index (χ1) is 16.1. The number of hydrogen-bond donors (Lipinski definition) is 2. The van der Waals surface area contributed by atoms with Crippen LogP contribution in [0.1, 0.15) is 0 Å². The molecule has 2 N–H and O–H groups in total. The number of benzene rings is 2. The van der Waals surface area contributed by atoms with E-state index in [9.17, 15) is 9.90 Å². The van der Waals surface area contributed by atoms with Gasteiger partial charge in [0.25, 0.3) is 5.56 Å². The van der Waals surface area contributed by atoms with Crippen molar-refractivity contribution in [2.75, 3.05) is 26.8 Å². The average molecular weight is 483 g/mol. The molecule has 5 rings (SSSR count). The predicted molar refractivity (Wildman–Crippen MR) is 132 cm³/mol. The molecule has 8 heteroatoms. The largest absolute Gasteiger partial charge is 0.493 e. The van der Waals surface area contributed by atoms with Crippen molar-refractivity contribution in [1.82, 2.24) is 9.88 Å². The van der Waals surface area contributed by atoms with Gasteiger partial charge in [0, 0.05) is 46.6 Å². The van der Waals surface area contributed by atoms with Crippen LogP contribution in [-0.2, 0) is 0 Å². The smallest absolute Gasteiger partial charge is 0.273 e. The maximum Gasteiger partial charge on any atom is 0.273 e. The van der Waals surface area contributed by atoms with E-state index in [2.05, 4.69) is 5.32 Å². The minimum absolute atomic E-state index is 0.0353. The molecule has 3 heterocycles. The summed E-state index contributed by atoms with van der Waals surface area (Å²) in [6.45, 7) is 1.45. The summed E-state index contributed by atoms with van der Waals surface area (Å²) in [4.78, 5) is 14.3. The predicted octanol–water partition coefficient (Wildman–Crippen LogP) is 4.34. The van der Waals surface area contributed by atoms with Crippen molar-refractivity contribution < 1.29 is 14.6 Å². The van der Waals surface area contributed by atoms with Gasteiger partial charge in [-0.05, 0) is 42.0 Å². The fourth-order valence-corrected chi connectivity index (χ4v) is 5.30. The first kappa shape index (κ1) is 22.0. The normalized spacial score (nSPS) is 18.0. The zero-order chi connectivity index (χ0) is 22.9. The van der Waals surface area contributed by atoms with Crippen LogP contribution in [-0.4, -0.2) is 42.6 Å². The Balaban J connectivity index is 1.49. The number of hydrogen-bond acceptors (Lipinski definition) is 6. The number of aromatic nitrogens is 1. The van der Waals surface area contributed by atoms with E-state index < -0.39 is 0 Å². The summed E-state index contributed by atoms with van der Waals surface area (Å²) in [5.74, 6) is 1.16. The molecule has 0 radical (unpaired) electrons. The number of halogens is 1. The van der Waals surface area contributed by atoms with Gasteiger partial charge in [0.15, 0.2) is 11.5 Å². The third-order valence-electron chi connectivity index (χ3n) is 5.92. The molecule has 2 aromatic carbocycles. The maximum absolute atomic E-state index is 13.3. The molecule has 1 fully saturated rings. The van der Waals surface area contributed by atoms with Crippen molar-refractivity contribution in [1.29, 1.82) is 0 Å². The second-order valence-electron chi connectivity index (χ2n) is 7.99. The summed E-state index contributed by atoms with van der Waals surface area (Å²) in [5.41, 5.74) is 1.63. The first-order valence-corrected chi connectivity index (χ1v) is 11.8. The van der Waals surface area contributed by atoms with E-state index in [4.69, 9.17) is 21.1 Å². The summed E-state index contributed by atoms with van der Waals surface area (Å²) in [6, 6.07) is 17.0. The standard InChI is InChI=1S/C25H23ClN2O4S/c1-31-21-11-19(6-7-20(21)32-22-13-27-12-17(22)14-29)28-9-8-16-10-23(33-24(16)25(28)30)15-2-4-18(26)5-3-15/h2-11,17,22,27,29H,12-14H2,1H3/t17-,22+/m1/s1. The Morgan fingerprint density at radius 3 is 2.70 bits per heavy atom. The number of thiophene rings is 1. The van der Waals surface area contributed by atoms with Crippen LogP contribution < -0.4 is 20.3 Å². The molecule has 1 aliphatic heterocycles. The van der Waals surface area contributed by atoms with Crippen molar-refractivity contribution >= 4 is 33.0 Å². The van der Waals surface area contributed by atoms with Gasteiger partial charge in [-0.2, -0.15) is 0 Å². The quantitative estimate of drug-likeness (QED) is 0.427. The highest BCUT2D eigenvalue weighted by Gasteiger charge is 2.29. The van der Waals surface area contributed by atoms with Crippen LogP contribution in [0.15, 0.2) is 65.6 Å². The van der Waals surface area contributed by atoms with Crippen LogP contribution in [0.4, 0.5) is 0 Å². The molecule has 1 saturated heterocycles. The number of aliphatic hydroxyl groups is 1. The Morgan fingerprint density at radius 2 is 1.94 bits per heavy atom. The van der Waals surface area contributed by atoms with Crippen LogP contribution in [0, 0.1) is 5.92 Å². The van der Waals surface area contributed by atoms with Gasteiger partial charge in [-0.1, -0.05) is 23.7 Å². The Bertz CT molecular complexity index is 1350. The van der Waals surface area contributed by atoms with Gasteiger partial charge in [0.1, 0.15) is 10.8 Å². The summed E-state index contributed by atoms with van der Waals surface area (Å²) >= 11 is 7.47. The lowest BCUT2D eigenvalue weighted by atomic mass is 10.1. The molecule has 0 amide bonds. The van der Waals surface area contributed by atoms with Crippen molar-refractivity contribution in [3.8, 4) is 27.6 Å². The zero-order valence-corrected chi connectivity index (χ0v) is 19.5. The van der Waals surface area contributed by atoms with Gasteiger partial charge >= 0.3 is 0 Å². The minimum atomic E-state index is -0.133. The molecule has 2 aromatic heterocycles. The molecule has 4 aromatic rings. The van der Waals surface area contributed by atoms with Crippen LogP contribution in [0.2, 0.25) is 5.02 Å². The van der Waals surface area contributed by atoms with Crippen LogP contribution in [0.25, 0.3) is 26.2 Å². The Labute approximate surface area is 200 Å². The fraction of sp³-hybridized carbons (Fsp3) is 0.240. The SMILES string of the molecule is COc1cc(-n2ccc3cc(-c4ccc(Cl)cc4)sc3c2=O)ccc1O[C@H]1CNC[C@@H]1CO. The maximum atomic E-state index is 13.3. The number of pyridine rings is 1.